The summed E-state index contributed by atoms with van der Waals surface area (Å²) in [5, 5.41) is 4.25. The minimum atomic E-state index is 0.328. The van der Waals surface area contributed by atoms with Gasteiger partial charge in [0.05, 0.1) is 0 Å². The van der Waals surface area contributed by atoms with Gasteiger partial charge in [-0.25, -0.2) is 0 Å². The second kappa shape index (κ2) is 8.52. The maximum atomic E-state index is 6.38. The average Bonchev–Trinajstić information content (AvgIpc) is 2.50. The molecule has 1 aliphatic heterocycles. The van der Waals surface area contributed by atoms with Gasteiger partial charge in [-0.1, -0.05) is 46.9 Å². The van der Waals surface area contributed by atoms with Crippen LogP contribution in [0.5, 0.6) is 0 Å². The average molecular weight is 374 g/mol. The molecular formula is C17H26BrClN2. The van der Waals surface area contributed by atoms with Gasteiger partial charge in [0.1, 0.15) is 0 Å². The summed E-state index contributed by atoms with van der Waals surface area (Å²) in [6.45, 7) is 5.97. The first-order valence-electron chi connectivity index (χ1n) is 7.98. The molecule has 1 saturated heterocycles. The number of hydrogen-bond acceptors (Lipinski definition) is 2. The summed E-state index contributed by atoms with van der Waals surface area (Å²) in [6, 6.07) is 6.50. The Hall–Kier alpha value is -0.0900. The standard InChI is InChI=1S/C17H26BrClN2/c1-3-13-6-9-21(10-7-13)11-8-17(20-2)15-5-4-14(18)12-16(15)19/h4-5,12-13,17,20H,3,6-11H2,1-2H3. The summed E-state index contributed by atoms with van der Waals surface area (Å²) in [5.41, 5.74) is 1.20. The van der Waals surface area contributed by atoms with Gasteiger partial charge in [0.2, 0.25) is 0 Å². The van der Waals surface area contributed by atoms with Gasteiger partial charge >= 0.3 is 0 Å². The lowest BCUT2D eigenvalue weighted by atomic mass is 9.94. The van der Waals surface area contributed by atoms with Crippen molar-refractivity contribution >= 4 is 27.5 Å². The van der Waals surface area contributed by atoms with Crippen molar-refractivity contribution in [3.05, 3.63) is 33.3 Å². The highest BCUT2D eigenvalue weighted by atomic mass is 79.9. The van der Waals surface area contributed by atoms with E-state index in [9.17, 15) is 0 Å². The van der Waals surface area contributed by atoms with Crippen LogP contribution in [0.2, 0.25) is 5.02 Å². The third-order valence-corrected chi connectivity index (χ3v) is 5.53. The van der Waals surface area contributed by atoms with E-state index < -0.39 is 0 Å². The maximum Gasteiger partial charge on any atom is 0.0465 e. The maximum absolute atomic E-state index is 6.38. The molecule has 1 aliphatic rings. The fourth-order valence-electron chi connectivity index (χ4n) is 3.17. The number of halogens is 2. The molecule has 1 fully saturated rings. The molecule has 0 aromatic heterocycles. The van der Waals surface area contributed by atoms with E-state index in [0.717, 1.165) is 28.4 Å². The van der Waals surface area contributed by atoms with E-state index in [1.807, 2.05) is 13.1 Å². The zero-order chi connectivity index (χ0) is 15.2. The number of piperidine rings is 1. The van der Waals surface area contributed by atoms with Gasteiger partial charge in [-0.2, -0.15) is 0 Å². The van der Waals surface area contributed by atoms with E-state index in [0.29, 0.717) is 6.04 Å². The molecule has 2 rings (SSSR count). The van der Waals surface area contributed by atoms with Crippen molar-refractivity contribution in [2.24, 2.45) is 5.92 Å². The number of benzene rings is 1. The first-order chi connectivity index (χ1) is 10.1. The minimum Gasteiger partial charge on any atom is -0.313 e. The molecule has 2 nitrogen and oxygen atoms in total. The van der Waals surface area contributed by atoms with Crippen LogP contribution in [0.4, 0.5) is 0 Å². The molecule has 0 radical (unpaired) electrons. The molecule has 1 unspecified atom stereocenters. The van der Waals surface area contributed by atoms with Gasteiger partial charge in [0, 0.05) is 15.5 Å². The van der Waals surface area contributed by atoms with Crippen LogP contribution in [-0.4, -0.2) is 31.6 Å². The molecular weight excluding hydrogens is 348 g/mol. The van der Waals surface area contributed by atoms with Crippen molar-refractivity contribution < 1.29 is 0 Å². The Morgan fingerprint density at radius 3 is 2.67 bits per heavy atom. The van der Waals surface area contributed by atoms with Crippen molar-refractivity contribution in [2.75, 3.05) is 26.7 Å². The highest BCUT2D eigenvalue weighted by Crippen LogP contribution is 2.29. The lowest BCUT2D eigenvalue weighted by Gasteiger charge is -2.32. The largest absolute Gasteiger partial charge is 0.313 e. The lowest BCUT2D eigenvalue weighted by Crippen LogP contribution is -2.35. The van der Waals surface area contributed by atoms with Crippen LogP contribution in [0.1, 0.15) is 44.2 Å². The molecule has 0 amide bonds. The summed E-state index contributed by atoms with van der Waals surface area (Å²) in [6.07, 6.45) is 5.16. The van der Waals surface area contributed by atoms with Gasteiger partial charge in [0.25, 0.3) is 0 Å². The smallest absolute Gasteiger partial charge is 0.0465 e. The van der Waals surface area contributed by atoms with E-state index in [4.69, 9.17) is 11.6 Å². The molecule has 4 heteroatoms. The molecule has 1 N–H and O–H groups in total. The summed E-state index contributed by atoms with van der Waals surface area (Å²) < 4.78 is 1.03. The number of nitrogens with one attached hydrogen (secondary N) is 1. The van der Waals surface area contributed by atoms with Crippen molar-refractivity contribution in [3.8, 4) is 0 Å². The molecule has 1 atom stereocenters. The molecule has 118 valence electrons. The number of hydrogen-bond donors (Lipinski definition) is 1. The van der Waals surface area contributed by atoms with Crippen LogP contribution in [0.25, 0.3) is 0 Å². The summed E-state index contributed by atoms with van der Waals surface area (Å²) >= 11 is 9.85. The molecule has 0 saturated carbocycles. The Morgan fingerprint density at radius 2 is 2.10 bits per heavy atom. The van der Waals surface area contributed by atoms with E-state index in [2.05, 4.69) is 45.2 Å². The summed E-state index contributed by atoms with van der Waals surface area (Å²) in [4.78, 5) is 2.60. The highest BCUT2D eigenvalue weighted by molar-refractivity contribution is 9.10. The Bertz CT molecular complexity index is 444. The van der Waals surface area contributed by atoms with Crippen LogP contribution in [0, 0.1) is 5.92 Å². The monoisotopic (exact) mass is 372 g/mol. The van der Waals surface area contributed by atoms with Crippen molar-refractivity contribution in [3.63, 3.8) is 0 Å². The molecule has 1 aromatic rings. The van der Waals surface area contributed by atoms with E-state index in [1.165, 1.54) is 37.9 Å². The normalized spacial score (nSPS) is 18.9. The molecule has 1 heterocycles. The molecule has 0 aliphatic carbocycles. The molecule has 21 heavy (non-hydrogen) atoms. The second-order valence-electron chi connectivity index (χ2n) is 5.99. The van der Waals surface area contributed by atoms with Crippen LogP contribution in [0.3, 0.4) is 0 Å². The molecule has 1 aromatic carbocycles. The van der Waals surface area contributed by atoms with Gasteiger partial charge in [0.15, 0.2) is 0 Å². The van der Waals surface area contributed by atoms with Crippen LogP contribution in [-0.2, 0) is 0 Å². The summed E-state index contributed by atoms with van der Waals surface area (Å²) in [5.74, 6) is 0.947. The zero-order valence-corrected chi connectivity index (χ0v) is 15.4. The van der Waals surface area contributed by atoms with Crippen LogP contribution >= 0.6 is 27.5 Å². The van der Waals surface area contributed by atoms with E-state index in [-0.39, 0.29) is 0 Å². The number of nitrogens with zero attached hydrogens (tertiary/aromatic N) is 1. The highest BCUT2D eigenvalue weighted by Gasteiger charge is 2.19. The van der Waals surface area contributed by atoms with Crippen molar-refractivity contribution in [1.82, 2.24) is 10.2 Å². The van der Waals surface area contributed by atoms with Gasteiger partial charge in [-0.05, 0) is 69.6 Å². The predicted octanol–water partition coefficient (Wildman–Crippen LogP) is 4.88. The third-order valence-electron chi connectivity index (χ3n) is 4.70. The van der Waals surface area contributed by atoms with Gasteiger partial charge < -0.3 is 10.2 Å². The lowest BCUT2D eigenvalue weighted by molar-refractivity contribution is 0.175. The Kier molecular flexibility index (Phi) is 7.00. The quantitative estimate of drug-likeness (QED) is 0.765. The predicted molar refractivity (Wildman–Crippen MR) is 95.0 cm³/mol. The molecule has 0 spiro atoms. The Labute approximate surface area is 142 Å². The van der Waals surface area contributed by atoms with E-state index >= 15 is 0 Å². The van der Waals surface area contributed by atoms with E-state index in [1.54, 1.807) is 0 Å². The summed E-state index contributed by atoms with van der Waals surface area (Å²) in [7, 11) is 2.02. The topological polar surface area (TPSA) is 15.3 Å². The van der Waals surface area contributed by atoms with Crippen LogP contribution < -0.4 is 5.32 Å². The first-order valence-corrected chi connectivity index (χ1v) is 9.15. The number of likely N-dealkylation sites (tertiary alicyclic amines) is 1. The van der Waals surface area contributed by atoms with Crippen LogP contribution in [0.15, 0.2) is 22.7 Å². The minimum absolute atomic E-state index is 0.328. The first kappa shape index (κ1) is 17.3. The number of rotatable bonds is 6. The fraction of sp³-hybridized carbons (Fsp3) is 0.647. The van der Waals surface area contributed by atoms with Gasteiger partial charge in [-0.3, -0.25) is 0 Å². The van der Waals surface area contributed by atoms with Gasteiger partial charge in [-0.15, -0.1) is 0 Å². The molecule has 0 bridgehead atoms. The van der Waals surface area contributed by atoms with Crippen molar-refractivity contribution in [1.29, 1.82) is 0 Å². The second-order valence-corrected chi connectivity index (χ2v) is 7.31. The van der Waals surface area contributed by atoms with Crippen molar-refractivity contribution in [2.45, 2.75) is 38.6 Å². The SMILES string of the molecule is CCC1CCN(CCC(NC)c2ccc(Br)cc2Cl)CC1. The Morgan fingerprint density at radius 1 is 1.38 bits per heavy atom. The Balaban J connectivity index is 1.88. The third kappa shape index (κ3) is 4.95. The fourth-order valence-corrected chi connectivity index (χ4v) is 3.97. The zero-order valence-electron chi connectivity index (χ0n) is 13.0.